The predicted octanol–water partition coefficient (Wildman–Crippen LogP) is -0.298. The van der Waals surface area contributed by atoms with Gasteiger partial charge >= 0.3 is 11.9 Å². The van der Waals surface area contributed by atoms with Crippen molar-refractivity contribution in [3.8, 4) is 0 Å². The lowest BCUT2D eigenvalue weighted by molar-refractivity contribution is -0.356. The number of cyclic esters (lactones) is 1. The van der Waals surface area contributed by atoms with E-state index < -0.39 is 156 Å². The first-order valence-electron chi connectivity index (χ1n) is 22.0. The SMILES string of the molecule is CC[C@H]1OC(=O)[C@H](C)[C@@H](O[C@H]2C[C@@](C)(OC)[C@@H](O)[C@H](C)O2)[C@H](C)[C@@H](O[C@@H]2O[C@H](C)C[C@H](N(C)C)[C@H]2O)[C@](C)(OC2OC(C(=O)O)C(O)C(O)C2O)C[C@@H](C)C(=O)[C@H](C)[C@@H](O)[C@]1(C)O. The number of aliphatic hydroxyl groups excluding tert-OH is 6. The highest BCUT2D eigenvalue weighted by Crippen LogP contribution is 2.43. The van der Waals surface area contributed by atoms with Gasteiger partial charge in [0.1, 0.15) is 48.0 Å². The Kier molecular flexibility index (Phi) is 17.8. The number of methoxy groups -OCH3 is 1. The van der Waals surface area contributed by atoms with Gasteiger partial charge in [-0.1, -0.05) is 27.7 Å². The maximum absolute atomic E-state index is 14.5. The van der Waals surface area contributed by atoms with Crippen LogP contribution in [-0.2, 0) is 52.3 Å². The molecule has 0 aliphatic carbocycles. The number of aliphatic carboxylic acids is 1. The molecule has 0 bridgehead atoms. The number of hydrogen-bond donors (Lipinski definition) is 8. The molecule has 4 aliphatic rings. The number of ether oxygens (including phenoxy) is 8. The van der Waals surface area contributed by atoms with Crippen molar-refractivity contribution in [2.45, 2.75) is 210 Å². The molecule has 366 valence electrons. The number of Topliss-reactive ketones (excluding diaryl/α,β-unsaturated/α-hetero) is 1. The van der Waals surface area contributed by atoms with Gasteiger partial charge in [-0.15, -0.1) is 0 Å². The van der Waals surface area contributed by atoms with Gasteiger partial charge in [-0.2, -0.15) is 0 Å². The van der Waals surface area contributed by atoms with E-state index in [1.165, 1.54) is 41.7 Å². The average molecular weight is 910 g/mol. The van der Waals surface area contributed by atoms with Gasteiger partial charge in [-0.25, -0.2) is 4.79 Å². The Bertz CT molecular complexity index is 1550. The van der Waals surface area contributed by atoms with Crippen LogP contribution in [0.15, 0.2) is 0 Å². The molecule has 4 saturated heterocycles. The molecule has 0 aromatic carbocycles. The van der Waals surface area contributed by atoms with E-state index in [1.54, 1.807) is 53.6 Å². The number of rotatable bonds is 10. The third kappa shape index (κ3) is 11.2. The third-order valence-corrected chi connectivity index (χ3v) is 14.0. The van der Waals surface area contributed by atoms with Crippen molar-refractivity contribution >= 4 is 17.7 Å². The number of carboxylic acid groups (broad SMARTS) is 1. The van der Waals surface area contributed by atoms with Crippen molar-refractivity contribution in [1.29, 1.82) is 0 Å². The summed E-state index contributed by atoms with van der Waals surface area (Å²) >= 11 is 0. The summed E-state index contributed by atoms with van der Waals surface area (Å²) in [6.45, 7) is 15.5. The molecule has 4 heterocycles. The number of esters is 1. The maximum atomic E-state index is 14.5. The van der Waals surface area contributed by atoms with E-state index in [9.17, 15) is 55.2 Å². The summed E-state index contributed by atoms with van der Waals surface area (Å²) in [6.07, 6.45) is -22.4. The highest BCUT2D eigenvalue weighted by molar-refractivity contribution is 5.83. The first-order chi connectivity index (χ1) is 29.1. The van der Waals surface area contributed by atoms with E-state index >= 15 is 0 Å². The first-order valence-corrected chi connectivity index (χ1v) is 22.0. The van der Waals surface area contributed by atoms with Crippen LogP contribution in [-0.4, -0.2) is 200 Å². The molecular formula is C43H75NO19. The summed E-state index contributed by atoms with van der Waals surface area (Å²) in [5.41, 5.74) is -5.31. The van der Waals surface area contributed by atoms with Crippen LogP contribution < -0.4 is 0 Å². The van der Waals surface area contributed by atoms with Crippen LogP contribution in [0.2, 0.25) is 0 Å². The van der Waals surface area contributed by atoms with Crippen LogP contribution in [0.5, 0.6) is 0 Å². The van der Waals surface area contributed by atoms with E-state index in [0.29, 0.717) is 6.42 Å². The van der Waals surface area contributed by atoms with Gasteiger partial charge in [0.2, 0.25) is 0 Å². The lowest BCUT2D eigenvalue weighted by Gasteiger charge is -2.51. The van der Waals surface area contributed by atoms with Gasteiger partial charge < -0.3 is 83.6 Å². The minimum atomic E-state index is -2.15. The highest BCUT2D eigenvalue weighted by atomic mass is 16.7. The van der Waals surface area contributed by atoms with Crippen molar-refractivity contribution in [1.82, 2.24) is 4.90 Å². The Labute approximate surface area is 370 Å². The summed E-state index contributed by atoms with van der Waals surface area (Å²) < 4.78 is 49.9. The van der Waals surface area contributed by atoms with Crippen molar-refractivity contribution in [2.24, 2.45) is 23.7 Å². The zero-order valence-electron chi connectivity index (χ0n) is 38.9. The molecule has 20 nitrogen and oxygen atoms in total. The zero-order chi connectivity index (χ0) is 47.8. The Morgan fingerprint density at radius 3 is 1.97 bits per heavy atom. The molecular weight excluding hydrogens is 834 g/mol. The molecule has 0 saturated carbocycles. The summed E-state index contributed by atoms with van der Waals surface area (Å²) in [6, 6.07) is -0.492. The van der Waals surface area contributed by atoms with Crippen molar-refractivity contribution < 1.29 is 93.1 Å². The van der Waals surface area contributed by atoms with Gasteiger partial charge in [-0.05, 0) is 74.9 Å². The minimum Gasteiger partial charge on any atom is -0.479 e. The van der Waals surface area contributed by atoms with Crippen LogP contribution in [0.1, 0.15) is 94.9 Å². The average Bonchev–Trinajstić information content (AvgIpc) is 3.21. The topological polar surface area (TPSA) is 290 Å². The second-order valence-corrected chi connectivity index (χ2v) is 19.3. The molecule has 63 heavy (non-hydrogen) atoms. The quantitative estimate of drug-likeness (QED) is 0.131. The second-order valence-electron chi connectivity index (χ2n) is 19.3. The number of ketones is 1. The smallest absolute Gasteiger partial charge is 0.335 e. The van der Waals surface area contributed by atoms with Crippen molar-refractivity contribution in [3.05, 3.63) is 0 Å². The van der Waals surface area contributed by atoms with Gasteiger partial charge in [0.15, 0.2) is 25.0 Å². The standard InChI is InChI=1S/C43H75NO19/c1-14-25-43(10,55)34(50)20(4)27(45)18(2)16-42(9,63-40-31(49)29(47)30(48)33(61-40)37(52)53)36(62-39-28(46)24(44(11)12)15-19(3)57-39)21(5)32(22(6)38(54)59-25)60-26-17-41(8,56-13)35(51)23(7)58-26/h18-26,28-36,39-40,46-51,55H,14-17H2,1-13H3,(H,52,53)/t18-,19-,20+,21+,22-,23+,24+,25-,26+,28-,29?,30?,31?,32+,33?,34-,35+,36-,39+,40?,41-,42-,43-/m1/s1. The van der Waals surface area contributed by atoms with Crippen LogP contribution in [0, 0.1) is 23.7 Å². The van der Waals surface area contributed by atoms with Crippen LogP contribution >= 0.6 is 0 Å². The van der Waals surface area contributed by atoms with E-state index in [0.717, 1.165) is 0 Å². The number of nitrogens with zero attached hydrogens (tertiary/aromatic N) is 1. The largest absolute Gasteiger partial charge is 0.479 e. The normalized spacial score (nSPS) is 49.9. The molecule has 4 rings (SSSR count). The van der Waals surface area contributed by atoms with Crippen LogP contribution in [0.25, 0.3) is 0 Å². The summed E-state index contributed by atoms with van der Waals surface area (Å²) in [7, 11) is 4.98. The number of carbonyl (C=O) groups is 3. The van der Waals surface area contributed by atoms with Gasteiger partial charge in [0, 0.05) is 37.3 Å². The molecule has 8 N–H and O–H groups in total. The summed E-state index contributed by atoms with van der Waals surface area (Å²) in [4.78, 5) is 43.0. The fraction of sp³-hybridized carbons (Fsp3) is 0.930. The van der Waals surface area contributed by atoms with Crippen LogP contribution in [0.3, 0.4) is 0 Å². The number of aliphatic hydroxyl groups is 7. The number of carboxylic acids is 1. The van der Waals surface area contributed by atoms with Gasteiger partial charge in [0.05, 0.1) is 47.6 Å². The molecule has 23 atom stereocenters. The van der Waals surface area contributed by atoms with Crippen molar-refractivity contribution in [3.63, 3.8) is 0 Å². The number of likely N-dealkylation sites (N-methyl/N-ethyl adjacent to an activating group) is 1. The molecule has 4 aliphatic heterocycles. The fourth-order valence-corrected chi connectivity index (χ4v) is 9.92. The van der Waals surface area contributed by atoms with Crippen LogP contribution in [0.4, 0.5) is 0 Å². The number of carbonyl (C=O) groups excluding carboxylic acids is 2. The molecule has 0 amide bonds. The van der Waals surface area contributed by atoms with Gasteiger partial charge in [-0.3, -0.25) is 9.59 Å². The minimum absolute atomic E-state index is 0.0351. The lowest BCUT2D eigenvalue weighted by Crippen LogP contribution is -2.65. The predicted molar refractivity (Wildman–Crippen MR) is 219 cm³/mol. The summed E-state index contributed by atoms with van der Waals surface area (Å²) in [5.74, 6) is -7.87. The zero-order valence-corrected chi connectivity index (χ0v) is 38.9. The van der Waals surface area contributed by atoms with E-state index in [-0.39, 0.29) is 19.3 Å². The van der Waals surface area contributed by atoms with Gasteiger partial charge in [0.25, 0.3) is 0 Å². The second kappa shape index (κ2) is 20.9. The molecule has 20 heteroatoms. The highest BCUT2D eigenvalue weighted by Gasteiger charge is 2.57. The molecule has 0 aromatic heterocycles. The molecule has 0 spiro atoms. The van der Waals surface area contributed by atoms with Crippen molar-refractivity contribution in [2.75, 3.05) is 21.2 Å². The number of hydrogen-bond acceptors (Lipinski definition) is 19. The molecule has 0 aromatic rings. The molecule has 5 unspecified atom stereocenters. The Morgan fingerprint density at radius 2 is 1.41 bits per heavy atom. The molecule has 0 radical (unpaired) electrons. The van der Waals surface area contributed by atoms with E-state index in [1.807, 2.05) is 0 Å². The monoisotopic (exact) mass is 909 g/mol. The molecule has 4 fully saturated rings. The first kappa shape index (κ1) is 53.6. The Morgan fingerprint density at radius 1 is 0.794 bits per heavy atom. The fourth-order valence-electron chi connectivity index (χ4n) is 9.92. The maximum Gasteiger partial charge on any atom is 0.335 e. The van der Waals surface area contributed by atoms with E-state index in [4.69, 9.17) is 37.9 Å². The van der Waals surface area contributed by atoms with E-state index in [2.05, 4.69) is 0 Å². The third-order valence-electron chi connectivity index (χ3n) is 14.0. The summed E-state index contributed by atoms with van der Waals surface area (Å²) in [5, 5.41) is 89.1. The Hall–Kier alpha value is -1.99. The lowest BCUT2D eigenvalue weighted by atomic mass is 9.73. The Balaban J connectivity index is 2.00.